The lowest BCUT2D eigenvalue weighted by Gasteiger charge is -2.07. The molecular formula is C13H19BrN2O2. The number of unbranched alkanes of at least 4 members (excludes halogenated alkanes) is 2. The van der Waals surface area contributed by atoms with Crippen molar-refractivity contribution in [3.05, 3.63) is 34.3 Å². The van der Waals surface area contributed by atoms with E-state index in [-0.39, 0.29) is 12.6 Å². The van der Waals surface area contributed by atoms with Gasteiger partial charge >= 0.3 is 6.03 Å². The van der Waals surface area contributed by atoms with Gasteiger partial charge in [-0.3, -0.25) is 0 Å². The van der Waals surface area contributed by atoms with E-state index in [4.69, 9.17) is 5.11 Å². The minimum atomic E-state index is -0.154. The molecule has 0 heterocycles. The van der Waals surface area contributed by atoms with Crippen molar-refractivity contribution in [3.8, 4) is 0 Å². The number of nitrogens with one attached hydrogen (secondary N) is 2. The van der Waals surface area contributed by atoms with Crippen LogP contribution in [0.25, 0.3) is 0 Å². The largest absolute Gasteiger partial charge is 0.396 e. The van der Waals surface area contributed by atoms with Crippen molar-refractivity contribution >= 4 is 22.0 Å². The van der Waals surface area contributed by atoms with Crippen molar-refractivity contribution in [2.45, 2.75) is 25.8 Å². The fraction of sp³-hybridized carbons (Fsp3) is 0.462. The molecule has 0 fully saturated rings. The standard InChI is InChI=1S/C13H19BrN2O2/c14-12-6-4-5-11(9-12)10-16-13(18)15-7-2-1-3-8-17/h4-6,9,17H,1-3,7-8,10H2,(H2,15,16,18). The van der Waals surface area contributed by atoms with Gasteiger partial charge in [0.05, 0.1) is 0 Å². The lowest BCUT2D eigenvalue weighted by atomic mass is 10.2. The van der Waals surface area contributed by atoms with Crippen LogP contribution in [-0.4, -0.2) is 24.3 Å². The summed E-state index contributed by atoms with van der Waals surface area (Å²) in [5, 5.41) is 14.2. The number of urea groups is 1. The topological polar surface area (TPSA) is 61.4 Å². The quantitative estimate of drug-likeness (QED) is 0.677. The highest BCUT2D eigenvalue weighted by Gasteiger charge is 2.00. The smallest absolute Gasteiger partial charge is 0.315 e. The molecule has 0 spiro atoms. The summed E-state index contributed by atoms with van der Waals surface area (Å²) in [5.74, 6) is 0. The molecule has 0 saturated heterocycles. The Labute approximate surface area is 116 Å². The van der Waals surface area contributed by atoms with Crippen molar-refractivity contribution in [2.75, 3.05) is 13.2 Å². The Hall–Kier alpha value is -1.07. The summed E-state index contributed by atoms with van der Waals surface area (Å²) in [6.07, 6.45) is 2.62. The summed E-state index contributed by atoms with van der Waals surface area (Å²) < 4.78 is 1.01. The van der Waals surface area contributed by atoms with E-state index in [1.165, 1.54) is 0 Å². The van der Waals surface area contributed by atoms with Crippen LogP contribution in [0.4, 0.5) is 4.79 Å². The average Bonchev–Trinajstić information content (AvgIpc) is 2.36. The van der Waals surface area contributed by atoms with E-state index in [1.54, 1.807) is 0 Å². The van der Waals surface area contributed by atoms with Crippen LogP contribution in [0, 0.1) is 0 Å². The van der Waals surface area contributed by atoms with Crippen LogP contribution in [-0.2, 0) is 6.54 Å². The van der Waals surface area contributed by atoms with Crippen LogP contribution < -0.4 is 10.6 Å². The Bertz CT molecular complexity index is 372. The van der Waals surface area contributed by atoms with Gasteiger partial charge in [-0.2, -0.15) is 0 Å². The molecule has 1 aromatic rings. The first-order valence-electron chi connectivity index (χ1n) is 6.09. The second-order valence-electron chi connectivity index (χ2n) is 4.02. The van der Waals surface area contributed by atoms with Crippen LogP contribution in [0.15, 0.2) is 28.7 Å². The second kappa shape index (κ2) is 8.94. The van der Waals surface area contributed by atoms with Crippen molar-refractivity contribution in [1.29, 1.82) is 0 Å². The summed E-state index contributed by atoms with van der Waals surface area (Å²) in [4.78, 5) is 11.5. The van der Waals surface area contributed by atoms with Gasteiger partial charge in [0.15, 0.2) is 0 Å². The molecule has 1 aromatic carbocycles. The maximum atomic E-state index is 11.5. The fourth-order valence-corrected chi connectivity index (χ4v) is 1.95. The molecule has 0 aliphatic rings. The molecule has 1 rings (SSSR count). The van der Waals surface area contributed by atoms with Crippen molar-refractivity contribution in [2.24, 2.45) is 0 Å². The van der Waals surface area contributed by atoms with E-state index in [0.29, 0.717) is 13.1 Å². The van der Waals surface area contributed by atoms with Gasteiger partial charge in [-0.05, 0) is 37.0 Å². The summed E-state index contributed by atoms with van der Waals surface area (Å²) in [6.45, 7) is 1.38. The highest BCUT2D eigenvalue weighted by atomic mass is 79.9. The van der Waals surface area contributed by atoms with Crippen molar-refractivity contribution in [1.82, 2.24) is 10.6 Å². The first-order valence-corrected chi connectivity index (χ1v) is 6.88. The zero-order valence-corrected chi connectivity index (χ0v) is 11.9. The average molecular weight is 315 g/mol. The summed E-state index contributed by atoms with van der Waals surface area (Å²) in [6, 6.07) is 7.67. The lowest BCUT2D eigenvalue weighted by Crippen LogP contribution is -2.35. The zero-order valence-electron chi connectivity index (χ0n) is 10.3. The van der Waals surface area contributed by atoms with Crippen molar-refractivity contribution in [3.63, 3.8) is 0 Å². The van der Waals surface area contributed by atoms with Gasteiger partial charge in [0, 0.05) is 24.2 Å². The fourth-order valence-electron chi connectivity index (χ4n) is 1.51. The molecule has 0 saturated carbocycles. The van der Waals surface area contributed by atoms with Gasteiger partial charge in [0.2, 0.25) is 0 Å². The molecule has 0 aliphatic heterocycles. The number of hydrogen-bond donors (Lipinski definition) is 3. The third kappa shape index (κ3) is 6.61. The van der Waals surface area contributed by atoms with E-state index >= 15 is 0 Å². The third-order valence-electron chi connectivity index (χ3n) is 2.46. The van der Waals surface area contributed by atoms with Gasteiger partial charge in [-0.1, -0.05) is 28.1 Å². The number of carbonyl (C=O) groups is 1. The van der Waals surface area contributed by atoms with Crippen LogP contribution in [0.5, 0.6) is 0 Å². The van der Waals surface area contributed by atoms with E-state index in [9.17, 15) is 4.79 Å². The minimum Gasteiger partial charge on any atom is -0.396 e. The predicted octanol–water partition coefficient (Wildman–Crippen LogP) is 2.41. The van der Waals surface area contributed by atoms with E-state index in [1.807, 2.05) is 24.3 Å². The molecule has 0 radical (unpaired) electrons. The Morgan fingerprint density at radius 3 is 2.78 bits per heavy atom. The van der Waals surface area contributed by atoms with Gasteiger partial charge in [0.25, 0.3) is 0 Å². The van der Waals surface area contributed by atoms with Crippen LogP contribution in [0.3, 0.4) is 0 Å². The predicted molar refractivity (Wildman–Crippen MR) is 75.3 cm³/mol. The molecule has 2 amide bonds. The number of aliphatic hydroxyl groups excluding tert-OH is 1. The molecule has 3 N–H and O–H groups in total. The highest BCUT2D eigenvalue weighted by Crippen LogP contribution is 2.11. The van der Waals surface area contributed by atoms with Gasteiger partial charge in [-0.15, -0.1) is 0 Å². The molecule has 0 bridgehead atoms. The molecule has 0 unspecified atom stereocenters. The Morgan fingerprint density at radius 1 is 1.22 bits per heavy atom. The van der Waals surface area contributed by atoms with Gasteiger partial charge < -0.3 is 15.7 Å². The number of aliphatic hydroxyl groups is 1. The maximum Gasteiger partial charge on any atom is 0.315 e. The number of halogens is 1. The third-order valence-corrected chi connectivity index (χ3v) is 2.96. The number of hydrogen-bond acceptors (Lipinski definition) is 2. The first-order chi connectivity index (χ1) is 8.72. The van der Waals surface area contributed by atoms with Gasteiger partial charge in [-0.25, -0.2) is 4.79 Å². The van der Waals surface area contributed by atoms with Gasteiger partial charge in [0.1, 0.15) is 0 Å². The normalized spacial score (nSPS) is 10.1. The Balaban J connectivity index is 2.13. The number of amides is 2. The molecule has 5 heteroatoms. The van der Waals surface area contributed by atoms with Crippen LogP contribution in [0.1, 0.15) is 24.8 Å². The minimum absolute atomic E-state index is 0.154. The summed E-state index contributed by atoms with van der Waals surface area (Å²) >= 11 is 3.39. The van der Waals surface area contributed by atoms with E-state index < -0.39 is 0 Å². The molecule has 0 aromatic heterocycles. The molecule has 18 heavy (non-hydrogen) atoms. The monoisotopic (exact) mass is 314 g/mol. The summed E-state index contributed by atoms with van der Waals surface area (Å²) in [7, 11) is 0. The SMILES string of the molecule is O=C(NCCCCCO)NCc1cccc(Br)c1. The number of rotatable bonds is 7. The highest BCUT2D eigenvalue weighted by molar-refractivity contribution is 9.10. The van der Waals surface area contributed by atoms with Crippen LogP contribution in [0.2, 0.25) is 0 Å². The molecule has 100 valence electrons. The zero-order chi connectivity index (χ0) is 13.2. The second-order valence-corrected chi connectivity index (χ2v) is 4.94. The number of benzene rings is 1. The maximum absolute atomic E-state index is 11.5. The van der Waals surface area contributed by atoms with Crippen molar-refractivity contribution < 1.29 is 9.90 Å². The molecule has 4 nitrogen and oxygen atoms in total. The molecule has 0 aliphatic carbocycles. The Morgan fingerprint density at radius 2 is 2.06 bits per heavy atom. The number of carbonyl (C=O) groups excluding carboxylic acids is 1. The van der Waals surface area contributed by atoms with Crippen LogP contribution >= 0.6 is 15.9 Å². The lowest BCUT2D eigenvalue weighted by molar-refractivity contribution is 0.240. The summed E-state index contributed by atoms with van der Waals surface area (Å²) in [5.41, 5.74) is 1.06. The first kappa shape index (κ1) is 15.0. The molecule has 0 atom stereocenters. The van der Waals surface area contributed by atoms with E-state index in [0.717, 1.165) is 29.3 Å². The van der Waals surface area contributed by atoms with E-state index in [2.05, 4.69) is 26.6 Å². The molecular weight excluding hydrogens is 296 g/mol. The Kier molecular flexibility index (Phi) is 7.44.